The van der Waals surface area contributed by atoms with Crippen molar-refractivity contribution >= 4 is 0 Å². The van der Waals surface area contributed by atoms with Crippen LogP contribution in [0.4, 0.5) is 0 Å². The summed E-state index contributed by atoms with van der Waals surface area (Å²) in [4.78, 5) is 0. The van der Waals surface area contributed by atoms with Crippen LogP contribution in [0.5, 0.6) is 0 Å². The monoisotopic (exact) mass is 198 g/mol. The highest BCUT2D eigenvalue weighted by Crippen LogP contribution is 2.44. The van der Waals surface area contributed by atoms with Gasteiger partial charge in [0, 0.05) is 13.1 Å². The molecule has 1 aliphatic carbocycles. The third kappa shape index (κ3) is 2.96. The van der Waals surface area contributed by atoms with E-state index in [0.717, 1.165) is 13.1 Å². The molecule has 0 spiro atoms. The van der Waals surface area contributed by atoms with Crippen LogP contribution in [0.2, 0.25) is 0 Å². The quantitative estimate of drug-likeness (QED) is 0.658. The Morgan fingerprint density at radius 2 is 1.86 bits per heavy atom. The van der Waals surface area contributed by atoms with Crippen molar-refractivity contribution in [3.8, 4) is 0 Å². The van der Waals surface area contributed by atoms with Gasteiger partial charge in [-0.15, -0.1) is 0 Å². The van der Waals surface area contributed by atoms with Gasteiger partial charge in [0.05, 0.1) is 0 Å². The molecule has 84 valence electrons. The van der Waals surface area contributed by atoms with Crippen LogP contribution in [0.1, 0.15) is 46.5 Å². The summed E-state index contributed by atoms with van der Waals surface area (Å²) in [5, 5.41) is 3.60. The summed E-state index contributed by atoms with van der Waals surface area (Å²) in [6.07, 6.45) is 5.16. The standard InChI is InChI=1S/C12H26N2/c1-4-12(5-2,8-13)10-14-9-11(3)6-7-11/h14H,4-10,13H2,1-3H3. The zero-order valence-corrected chi connectivity index (χ0v) is 10.0. The average Bonchev–Trinajstić information content (AvgIpc) is 2.93. The molecule has 1 saturated carbocycles. The van der Waals surface area contributed by atoms with Gasteiger partial charge in [0.15, 0.2) is 0 Å². The van der Waals surface area contributed by atoms with Gasteiger partial charge >= 0.3 is 0 Å². The normalized spacial score (nSPS) is 19.7. The summed E-state index contributed by atoms with van der Waals surface area (Å²) >= 11 is 0. The molecule has 2 heteroatoms. The van der Waals surface area contributed by atoms with Gasteiger partial charge in [0.1, 0.15) is 0 Å². The molecule has 0 amide bonds. The van der Waals surface area contributed by atoms with Crippen LogP contribution >= 0.6 is 0 Å². The zero-order chi connectivity index (χ0) is 10.7. The van der Waals surface area contributed by atoms with Crippen molar-refractivity contribution in [2.24, 2.45) is 16.6 Å². The molecule has 14 heavy (non-hydrogen) atoms. The second-order valence-electron chi connectivity index (χ2n) is 5.33. The minimum Gasteiger partial charge on any atom is -0.330 e. The number of hydrogen-bond donors (Lipinski definition) is 2. The lowest BCUT2D eigenvalue weighted by molar-refractivity contribution is 0.252. The fourth-order valence-corrected chi connectivity index (χ4v) is 1.88. The number of hydrogen-bond acceptors (Lipinski definition) is 2. The minimum absolute atomic E-state index is 0.339. The van der Waals surface area contributed by atoms with Gasteiger partial charge in [0.2, 0.25) is 0 Å². The minimum atomic E-state index is 0.339. The van der Waals surface area contributed by atoms with Gasteiger partial charge < -0.3 is 11.1 Å². The van der Waals surface area contributed by atoms with E-state index in [1.807, 2.05) is 0 Å². The average molecular weight is 198 g/mol. The number of rotatable bonds is 7. The molecule has 0 aromatic carbocycles. The highest BCUT2D eigenvalue weighted by molar-refractivity contribution is 4.91. The molecule has 0 unspecified atom stereocenters. The maximum Gasteiger partial charge on any atom is 0.00199 e. The number of nitrogens with one attached hydrogen (secondary N) is 1. The molecule has 0 heterocycles. The van der Waals surface area contributed by atoms with Gasteiger partial charge in [0.25, 0.3) is 0 Å². The van der Waals surface area contributed by atoms with Crippen LogP contribution in [0.25, 0.3) is 0 Å². The zero-order valence-electron chi connectivity index (χ0n) is 10.0. The summed E-state index contributed by atoms with van der Waals surface area (Å²) in [7, 11) is 0. The van der Waals surface area contributed by atoms with E-state index in [0.29, 0.717) is 10.8 Å². The van der Waals surface area contributed by atoms with E-state index in [1.165, 1.54) is 32.2 Å². The van der Waals surface area contributed by atoms with E-state index in [-0.39, 0.29) is 0 Å². The largest absolute Gasteiger partial charge is 0.330 e. The van der Waals surface area contributed by atoms with E-state index < -0.39 is 0 Å². The fraction of sp³-hybridized carbons (Fsp3) is 1.00. The van der Waals surface area contributed by atoms with Crippen molar-refractivity contribution < 1.29 is 0 Å². The van der Waals surface area contributed by atoms with E-state index in [4.69, 9.17) is 5.73 Å². The van der Waals surface area contributed by atoms with Crippen LogP contribution in [-0.4, -0.2) is 19.6 Å². The molecule has 1 aliphatic rings. The summed E-state index contributed by atoms with van der Waals surface area (Å²) in [5.41, 5.74) is 6.81. The molecule has 0 bridgehead atoms. The first-order valence-corrected chi connectivity index (χ1v) is 6.00. The highest BCUT2D eigenvalue weighted by Gasteiger charge is 2.37. The van der Waals surface area contributed by atoms with Crippen molar-refractivity contribution in [3.05, 3.63) is 0 Å². The second kappa shape index (κ2) is 4.63. The Hall–Kier alpha value is -0.0800. The SMILES string of the molecule is CCC(CC)(CN)CNCC1(C)CC1. The van der Waals surface area contributed by atoms with Crippen molar-refractivity contribution in [1.82, 2.24) is 5.32 Å². The lowest BCUT2D eigenvalue weighted by atomic mass is 9.82. The summed E-state index contributed by atoms with van der Waals surface area (Å²) in [6.45, 7) is 9.93. The Balaban J connectivity index is 2.25. The first-order valence-electron chi connectivity index (χ1n) is 6.00. The Morgan fingerprint density at radius 1 is 1.29 bits per heavy atom. The van der Waals surface area contributed by atoms with Gasteiger partial charge in [-0.1, -0.05) is 20.8 Å². The van der Waals surface area contributed by atoms with E-state index >= 15 is 0 Å². The maximum atomic E-state index is 5.85. The molecule has 0 aromatic heterocycles. The lowest BCUT2D eigenvalue weighted by Crippen LogP contribution is -2.41. The van der Waals surface area contributed by atoms with Crippen LogP contribution in [0.3, 0.4) is 0 Å². The molecule has 0 radical (unpaired) electrons. The maximum absolute atomic E-state index is 5.85. The first-order chi connectivity index (χ1) is 6.60. The number of nitrogens with two attached hydrogens (primary N) is 1. The van der Waals surface area contributed by atoms with Crippen molar-refractivity contribution in [2.75, 3.05) is 19.6 Å². The molecule has 1 fully saturated rings. The Labute approximate surface area is 88.6 Å². The predicted octanol–water partition coefficient (Wildman–Crippen LogP) is 2.14. The predicted molar refractivity (Wildman–Crippen MR) is 62.3 cm³/mol. The molecular weight excluding hydrogens is 172 g/mol. The third-order valence-electron chi connectivity index (χ3n) is 4.09. The highest BCUT2D eigenvalue weighted by atomic mass is 14.9. The Morgan fingerprint density at radius 3 is 2.21 bits per heavy atom. The third-order valence-corrected chi connectivity index (χ3v) is 4.09. The lowest BCUT2D eigenvalue weighted by Gasteiger charge is -2.31. The molecule has 0 atom stereocenters. The molecule has 0 saturated heterocycles. The Bertz CT molecular complexity index is 161. The van der Waals surface area contributed by atoms with E-state index in [2.05, 4.69) is 26.1 Å². The first kappa shape index (κ1) is 12.0. The summed E-state index contributed by atoms with van der Waals surface area (Å²) < 4.78 is 0. The molecular formula is C12H26N2. The van der Waals surface area contributed by atoms with E-state index in [1.54, 1.807) is 0 Å². The van der Waals surface area contributed by atoms with Crippen molar-refractivity contribution in [1.29, 1.82) is 0 Å². The van der Waals surface area contributed by atoms with Crippen molar-refractivity contribution in [2.45, 2.75) is 46.5 Å². The topological polar surface area (TPSA) is 38.0 Å². The molecule has 0 aromatic rings. The van der Waals surface area contributed by atoms with Gasteiger partial charge in [-0.2, -0.15) is 0 Å². The van der Waals surface area contributed by atoms with Crippen LogP contribution in [0, 0.1) is 10.8 Å². The van der Waals surface area contributed by atoms with Gasteiger partial charge in [-0.3, -0.25) is 0 Å². The summed E-state index contributed by atoms with van der Waals surface area (Å²) in [6, 6.07) is 0. The second-order valence-corrected chi connectivity index (χ2v) is 5.33. The molecule has 3 N–H and O–H groups in total. The fourth-order valence-electron chi connectivity index (χ4n) is 1.88. The smallest absolute Gasteiger partial charge is 0.00199 e. The summed E-state index contributed by atoms with van der Waals surface area (Å²) in [5.74, 6) is 0. The van der Waals surface area contributed by atoms with E-state index in [9.17, 15) is 0 Å². The van der Waals surface area contributed by atoms with Crippen molar-refractivity contribution in [3.63, 3.8) is 0 Å². The molecule has 1 rings (SSSR count). The molecule has 0 aliphatic heterocycles. The van der Waals surface area contributed by atoms with Crippen LogP contribution in [0.15, 0.2) is 0 Å². The van der Waals surface area contributed by atoms with Gasteiger partial charge in [-0.25, -0.2) is 0 Å². The molecule has 2 nitrogen and oxygen atoms in total. The van der Waals surface area contributed by atoms with Crippen LogP contribution in [-0.2, 0) is 0 Å². The van der Waals surface area contributed by atoms with Crippen LogP contribution < -0.4 is 11.1 Å². The van der Waals surface area contributed by atoms with Gasteiger partial charge in [-0.05, 0) is 43.1 Å². The Kier molecular flexibility index (Phi) is 3.96.